The lowest BCUT2D eigenvalue weighted by atomic mass is 10.1. The summed E-state index contributed by atoms with van der Waals surface area (Å²) in [6.45, 7) is 6.74. The number of carbonyl (C=O) groups is 1. The van der Waals surface area contributed by atoms with Crippen LogP contribution in [0, 0.1) is 12.8 Å². The molecule has 1 rings (SSSR count). The number of amides is 1. The van der Waals surface area contributed by atoms with Crippen molar-refractivity contribution in [3.8, 4) is 5.75 Å². The molecule has 0 aromatic heterocycles. The average Bonchev–Trinajstić information content (AvgIpc) is 2.31. The van der Waals surface area contributed by atoms with E-state index in [1.807, 2.05) is 0 Å². The highest BCUT2D eigenvalue weighted by Crippen LogP contribution is 2.21. The maximum atomic E-state index is 12.2. The minimum absolute atomic E-state index is 0.0290. The molecule has 1 unspecified atom stereocenters. The Morgan fingerprint density at radius 2 is 2.12 bits per heavy atom. The van der Waals surface area contributed by atoms with Gasteiger partial charge in [0.1, 0.15) is 5.75 Å². The summed E-state index contributed by atoms with van der Waals surface area (Å²) in [5.41, 5.74) is 1.23. The number of hydrogen-bond acceptors (Lipinski definition) is 2. The first kappa shape index (κ1) is 13.6. The molecule has 1 amide bonds. The first-order valence-corrected chi connectivity index (χ1v) is 6.01. The van der Waals surface area contributed by atoms with E-state index in [9.17, 15) is 9.90 Å². The molecule has 94 valence electrons. The zero-order valence-electron chi connectivity index (χ0n) is 11.0. The van der Waals surface area contributed by atoms with Gasteiger partial charge >= 0.3 is 0 Å². The number of phenolic OH excluding ortho intramolecular Hbond substituents is 1. The van der Waals surface area contributed by atoms with Crippen molar-refractivity contribution in [1.29, 1.82) is 0 Å². The van der Waals surface area contributed by atoms with E-state index >= 15 is 0 Å². The second-order valence-electron chi connectivity index (χ2n) is 4.65. The number of nitrogens with zero attached hydrogens (tertiary/aromatic N) is 1. The number of carbonyl (C=O) groups excluding carboxylic acids is 1. The molecule has 1 atom stereocenters. The second kappa shape index (κ2) is 5.71. The van der Waals surface area contributed by atoms with Crippen molar-refractivity contribution >= 4 is 5.91 Å². The molecule has 3 heteroatoms. The number of aromatic hydroxyl groups is 1. The second-order valence-corrected chi connectivity index (χ2v) is 4.65. The first-order valence-electron chi connectivity index (χ1n) is 6.01. The predicted molar refractivity (Wildman–Crippen MR) is 69.3 cm³/mol. The van der Waals surface area contributed by atoms with E-state index in [1.54, 1.807) is 37.1 Å². The Bertz CT molecular complexity index is 401. The lowest BCUT2D eigenvalue weighted by molar-refractivity contribution is 0.0773. The van der Waals surface area contributed by atoms with Crippen molar-refractivity contribution in [2.24, 2.45) is 5.92 Å². The molecule has 0 aliphatic carbocycles. The van der Waals surface area contributed by atoms with Crippen LogP contribution in [0.2, 0.25) is 0 Å². The van der Waals surface area contributed by atoms with Crippen LogP contribution < -0.4 is 0 Å². The Labute approximate surface area is 103 Å². The number of phenols is 1. The fourth-order valence-corrected chi connectivity index (χ4v) is 1.74. The van der Waals surface area contributed by atoms with Gasteiger partial charge in [0.15, 0.2) is 0 Å². The van der Waals surface area contributed by atoms with Gasteiger partial charge in [0, 0.05) is 24.7 Å². The van der Waals surface area contributed by atoms with E-state index in [1.165, 1.54) is 0 Å². The van der Waals surface area contributed by atoms with Crippen LogP contribution >= 0.6 is 0 Å². The van der Waals surface area contributed by atoms with Crippen molar-refractivity contribution in [1.82, 2.24) is 4.90 Å². The fraction of sp³-hybridized carbons (Fsp3) is 0.500. The minimum Gasteiger partial charge on any atom is -0.508 e. The van der Waals surface area contributed by atoms with Gasteiger partial charge in [0.05, 0.1) is 0 Å². The molecule has 0 saturated carbocycles. The molecule has 1 N–H and O–H groups in total. The molecule has 3 nitrogen and oxygen atoms in total. The smallest absolute Gasteiger partial charge is 0.254 e. The van der Waals surface area contributed by atoms with Crippen LogP contribution in [0.1, 0.15) is 36.2 Å². The number of rotatable bonds is 4. The molecular weight excluding hydrogens is 214 g/mol. The molecular formula is C14H21NO2. The van der Waals surface area contributed by atoms with Crippen molar-refractivity contribution in [2.75, 3.05) is 13.6 Å². The Morgan fingerprint density at radius 1 is 1.47 bits per heavy atom. The van der Waals surface area contributed by atoms with Crippen LogP contribution in [0.4, 0.5) is 0 Å². The summed E-state index contributed by atoms with van der Waals surface area (Å²) in [6, 6.07) is 5.05. The molecule has 17 heavy (non-hydrogen) atoms. The van der Waals surface area contributed by atoms with E-state index in [0.29, 0.717) is 17.0 Å². The summed E-state index contributed by atoms with van der Waals surface area (Å²) in [5, 5.41) is 9.59. The minimum atomic E-state index is -0.0290. The standard InChI is InChI=1S/C14H21NO2/c1-5-10(2)9-15(4)14(17)12-7-6-8-13(16)11(12)3/h6-8,10,16H,5,9H2,1-4H3. The largest absolute Gasteiger partial charge is 0.508 e. The molecule has 0 heterocycles. The predicted octanol–water partition coefficient (Wildman–Crippen LogP) is 2.82. The van der Waals surface area contributed by atoms with Gasteiger partial charge in [0.25, 0.3) is 5.91 Å². The van der Waals surface area contributed by atoms with Crippen LogP contribution in [-0.2, 0) is 0 Å². The zero-order chi connectivity index (χ0) is 13.0. The Kier molecular flexibility index (Phi) is 4.55. The van der Waals surface area contributed by atoms with Crippen molar-refractivity contribution in [3.05, 3.63) is 29.3 Å². The van der Waals surface area contributed by atoms with Gasteiger partial charge in [-0.1, -0.05) is 26.3 Å². The molecule has 0 spiro atoms. The monoisotopic (exact) mass is 235 g/mol. The maximum absolute atomic E-state index is 12.2. The zero-order valence-corrected chi connectivity index (χ0v) is 11.0. The van der Waals surface area contributed by atoms with Crippen LogP contribution in [0.3, 0.4) is 0 Å². The van der Waals surface area contributed by atoms with Gasteiger partial charge in [-0.25, -0.2) is 0 Å². The van der Waals surface area contributed by atoms with E-state index in [2.05, 4.69) is 13.8 Å². The Balaban J connectivity index is 2.85. The van der Waals surface area contributed by atoms with E-state index in [0.717, 1.165) is 13.0 Å². The third kappa shape index (κ3) is 3.22. The summed E-state index contributed by atoms with van der Waals surface area (Å²) in [6.07, 6.45) is 1.05. The topological polar surface area (TPSA) is 40.5 Å². The normalized spacial score (nSPS) is 12.2. The molecule has 1 aromatic rings. The quantitative estimate of drug-likeness (QED) is 0.871. The van der Waals surface area contributed by atoms with Crippen LogP contribution in [0.25, 0.3) is 0 Å². The lowest BCUT2D eigenvalue weighted by Gasteiger charge is -2.21. The summed E-state index contributed by atoms with van der Waals surface area (Å²) in [7, 11) is 1.80. The summed E-state index contributed by atoms with van der Waals surface area (Å²) in [5.74, 6) is 0.632. The van der Waals surface area contributed by atoms with Gasteiger partial charge in [-0.2, -0.15) is 0 Å². The third-order valence-electron chi connectivity index (χ3n) is 3.16. The van der Waals surface area contributed by atoms with Crippen molar-refractivity contribution in [3.63, 3.8) is 0 Å². The van der Waals surface area contributed by atoms with Gasteiger partial charge in [-0.15, -0.1) is 0 Å². The van der Waals surface area contributed by atoms with E-state index in [4.69, 9.17) is 0 Å². The highest BCUT2D eigenvalue weighted by Gasteiger charge is 2.16. The van der Waals surface area contributed by atoms with Gasteiger partial charge in [-0.05, 0) is 25.0 Å². The Hall–Kier alpha value is -1.51. The maximum Gasteiger partial charge on any atom is 0.254 e. The van der Waals surface area contributed by atoms with Crippen molar-refractivity contribution < 1.29 is 9.90 Å². The molecule has 0 fully saturated rings. The third-order valence-corrected chi connectivity index (χ3v) is 3.16. The molecule has 0 bridgehead atoms. The van der Waals surface area contributed by atoms with Crippen LogP contribution in [0.15, 0.2) is 18.2 Å². The lowest BCUT2D eigenvalue weighted by Crippen LogP contribution is -2.31. The van der Waals surface area contributed by atoms with Gasteiger partial charge < -0.3 is 10.0 Å². The Morgan fingerprint density at radius 3 is 2.71 bits per heavy atom. The molecule has 0 radical (unpaired) electrons. The SMILES string of the molecule is CCC(C)CN(C)C(=O)c1cccc(O)c1C. The highest BCUT2D eigenvalue weighted by molar-refractivity contribution is 5.96. The highest BCUT2D eigenvalue weighted by atomic mass is 16.3. The first-order chi connectivity index (χ1) is 7.97. The number of hydrogen-bond donors (Lipinski definition) is 1. The fourth-order valence-electron chi connectivity index (χ4n) is 1.74. The van der Waals surface area contributed by atoms with E-state index < -0.39 is 0 Å². The van der Waals surface area contributed by atoms with E-state index in [-0.39, 0.29) is 11.7 Å². The molecule has 0 aliphatic heterocycles. The number of benzene rings is 1. The molecule has 0 aliphatic rings. The van der Waals surface area contributed by atoms with Crippen LogP contribution in [0.5, 0.6) is 5.75 Å². The molecule has 0 saturated heterocycles. The van der Waals surface area contributed by atoms with Crippen LogP contribution in [-0.4, -0.2) is 29.5 Å². The average molecular weight is 235 g/mol. The van der Waals surface area contributed by atoms with Gasteiger partial charge in [0.2, 0.25) is 0 Å². The van der Waals surface area contributed by atoms with Gasteiger partial charge in [-0.3, -0.25) is 4.79 Å². The summed E-state index contributed by atoms with van der Waals surface area (Å²) >= 11 is 0. The van der Waals surface area contributed by atoms with Crippen molar-refractivity contribution in [2.45, 2.75) is 27.2 Å². The summed E-state index contributed by atoms with van der Waals surface area (Å²) < 4.78 is 0. The summed E-state index contributed by atoms with van der Waals surface area (Å²) in [4.78, 5) is 13.9. The molecule has 1 aromatic carbocycles.